The molecule has 0 bridgehead atoms. The van der Waals surface area contributed by atoms with Gasteiger partial charge in [-0.05, 0) is 17.8 Å². The van der Waals surface area contributed by atoms with Crippen LogP contribution in [0.1, 0.15) is 25.3 Å². The molecule has 7 nitrogen and oxygen atoms in total. The maximum absolute atomic E-state index is 12.1. The molecule has 0 spiro atoms. The summed E-state index contributed by atoms with van der Waals surface area (Å²) in [7, 11) is 0. The van der Waals surface area contributed by atoms with Crippen molar-refractivity contribution >= 4 is 35.1 Å². The SMILES string of the molecule is CCC(=O)NC(=S)NNC(=O)C1CC(=O)N(Cc2ccccc2)C1. The number of carbonyl (C=O) groups is 3. The molecule has 1 fully saturated rings. The van der Waals surface area contributed by atoms with Crippen LogP contribution < -0.4 is 16.2 Å². The number of likely N-dealkylation sites (tertiary alicyclic amines) is 1. The first-order valence-electron chi connectivity index (χ1n) is 7.71. The number of hydrazine groups is 1. The molecule has 8 heteroatoms. The third-order valence-electron chi connectivity index (χ3n) is 3.67. The average molecular weight is 348 g/mol. The number of amides is 3. The van der Waals surface area contributed by atoms with E-state index in [1.165, 1.54) is 0 Å². The van der Waals surface area contributed by atoms with E-state index in [9.17, 15) is 14.4 Å². The monoisotopic (exact) mass is 348 g/mol. The molecule has 2 rings (SSSR count). The van der Waals surface area contributed by atoms with E-state index in [0.29, 0.717) is 19.5 Å². The zero-order chi connectivity index (χ0) is 17.5. The van der Waals surface area contributed by atoms with Gasteiger partial charge in [0.05, 0.1) is 5.92 Å². The standard InChI is InChI=1S/C16H20N4O3S/c1-2-13(21)17-16(24)19-18-15(23)12-8-14(22)20(10-12)9-11-6-4-3-5-7-11/h3-7,12H,2,8-10H2,1H3,(H,18,23)(H2,17,19,21,24). The van der Waals surface area contributed by atoms with Crippen LogP contribution in [0, 0.1) is 5.92 Å². The Kier molecular flexibility index (Phi) is 6.25. The van der Waals surface area contributed by atoms with Gasteiger partial charge in [-0.25, -0.2) is 0 Å². The summed E-state index contributed by atoms with van der Waals surface area (Å²) in [5.74, 6) is -1.07. The van der Waals surface area contributed by atoms with Gasteiger partial charge < -0.3 is 10.2 Å². The fourth-order valence-corrected chi connectivity index (χ4v) is 2.54. The molecule has 3 amide bonds. The third-order valence-corrected chi connectivity index (χ3v) is 3.88. The minimum Gasteiger partial charge on any atom is -0.338 e. The highest BCUT2D eigenvalue weighted by Gasteiger charge is 2.34. The molecule has 0 radical (unpaired) electrons. The Morgan fingerprint density at radius 3 is 2.62 bits per heavy atom. The molecular formula is C16H20N4O3S. The molecule has 24 heavy (non-hydrogen) atoms. The highest BCUT2D eigenvalue weighted by atomic mass is 32.1. The maximum atomic E-state index is 12.1. The lowest BCUT2D eigenvalue weighted by Crippen LogP contribution is -2.50. The summed E-state index contributed by atoms with van der Waals surface area (Å²) in [6, 6.07) is 9.62. The van der Waals surface area contributed by atoms with Gasteiger partial charge in [-0.2, -0.15) is 0 Å². The molecule has 128 valence electrons. The summed E-state index contributed by atoms with van der Waals surface area (Å²) < 4.78 is 0. The van der Waals surface area contributed by atoms with Crippen molar-refractivity contribution in [3.8, 4) is 0 Å². The second-order valence-electron chi connectivity index (χ2n) is 5.51. The molecule has 1 atom stereocenters. The highest BCUT2D eigenvalue weighted by molar-refractivity contribution is 7.80. The van der Waals surface area contributed by atoms with E-state index in [1.807, 2.05) is 30.3 Å². The van der Waals surface area contributed by atoms with Gasteiger partial charge in [-0.15, -0.1) is 0 Å². The van der Waals surface area contributed by atoms with Crippen molar-refractivity contribution in [1.29, 1.82) is 0 Å². The first kappa shape index (κ1) is 17.9. The van der Waals surface area contributed by atoms with Crippen molar-refractivity contribution in [1.82, 2.24) is 21.1 Å². The van der Waals surface area contributed by atoms with Gasteiger partial charge in [0.2, 0.25) is 17.7 Å². The van der Waals surface area contributed by atoms with Gasteiger partial charge in [0.25, 0.3) is 0 Å². The van der Waals surface area contributed by atoms with Crippen molar-refractivity contribution in [2.75, 3.05) is 6.54 Å². The zero-order valence-corrected chi connectivity index (χ0v) is 14.2. The Hall–Kier alpha value is -2.48. The molecule has 1 saturated heterocycles. The Morgan fingerprint density at radius 1 is 1.25 bits per heavy atom. The van der Waals surface area contributed by atoms with E-state index in [2.05, 4.69) is 16.2 Å². The van der Waals surface area contributed by atoms with Crippen LogP contribution in [0.5, 0.6) is 0 Å². The van der Waals surface area contributed by atoms with Crippen LogP contribution in [0.2, 0.25) is 0 Å². The van der Waals surface area contributed by atoms with Gasteiger partial charge in [-0.3, -0.25) is 25.2 Å². The highest BCUT2D eigenvalue weighted by Crippen LogP contribution is 2.20. The fourth-order valence-electron chi connectivity index (χ4n) is 2.37. The fraction of sp³-hybridized carbons (Fsp3) is 0.375. The largest absolute Gasteiger partial charge is 0.338 e. The van der Waals surface area contributed by atoms with Crippen LogP contribution in [0.25, 0.3) is 0 Å². The van der Waals surface area contributed by atoms with Gasteiger partial charge in [-0.1, -0.05) is 37.3 Å². The van der Waals surface area contributed by atoms with Crippen molar-refractivity contribution < 1.29 is 14.4 Å². The predicted octanol–water partition coefficient (Wildman–Crippen LogP) is 0.467. The van der Waals surface area contributed by atoms with E-state index in [4.69, 9.17) is 12.2 Å². The minimum atomic E-state index is -0.446. The molecular weight excluding hydrogens is 328 g/mol. The van der Waals surface area contributed by atoms with Crippen LogP contribution >= 0.6 is 12.2 Å². The zero-order valence-electron chi connectivity index (χ0n) is 13.4. The molecule has 1 aliphatic rings. The Balaban J connectivity index is 1.81. The van der Waals surface area contributed by atoms with Crippen molar-refractivity contribution in [3.05, 3.63) is 35.9 Å². The second kappa shape index (κ2) is 8.39. The van der Waals surface area contributed by atoms with Gasteiger partial charge in [0.1, 0.15) is 0 Å². The lowest BCUT2D eigenvalue weighted by Gasteiger charge is -2.17. The number of thiocarbonyl (C=S) groups is 1. The molecule has 0 saturated carbocycles. The number of hydrogen-bond donors (Lipinski definition) is 3. The van der Waals surface area contributed by atoms with E-state index < -0.39 is 5.92 Å². The van der Waals surface area contributed by atoms with E-state index in [1.54, 1.807) is 11.8 Å². The molecule has 0 aromatic heterocycles. The van der Waals surface area contributed by atoms with Gasteiger partial charge >= 0.3 is 0 Å². The summed E-state index contributed by atoms with van der Waals surface area (Å²) in [6.45, 7) is 2.54. The summed E-state index contributed by atoms with van der Waals surface area (Å²) in [5, 5.41) is 2.44. The van der Waals surface area contributed by atoms with E-state index in [0.717, 1.165) is 5.56 Å². The normalized spacial score (nSPS) is 16.6. The number of benzene rings is 1. The number of nitrogens with zero attached hydrogens (tertiary/aromatic N) is 1. The predicted molar refractivity (Wildman–Crippen MR) is 92.3 cm³/mol. The lowest BCUT2D eigenvalue weighted by molar-refractivity contribution is -0.129. The topological polar surface area (TPSA) is 90.5 Å². The quantitative estimate of drug-likeness (QED) is 0.543. The summed E-state index contributed by atoms with van der Waals surface area (Å²) >= 11 is 4.89. The molecule has 3 N–H and O–H groups in total. The maximum Gasteiger partial charge on any atom is 0.243 e. The van der Waals surface area contributed by atoms with Crippen molar-refractivity contribution in [2.45, 2.75) is 26.3 Å². The van der Waals surface area contributed by atoms with Crippen molar-refractivity contribution in [3.63, 3.8) is 0 Å². The van der Waals surface area contributed by atoms with Crippen molar-refractivity contribution in [2.24, 2.45) is 5.92 Å². The third kappa shape index (κ3) is 5.02. The molecule has 1 aromatic rings. The minimum absolute atomic E-state index is 0.0284. The molecule has 1 aliphatic heterocycles. The summed E-state index contributed by atoms with van der Waals surface area (Å²) in [4.78, 5) is 37.0. The molecule has 1 aromatic carbocycles. The number of nitrogens with one attached hydrogen (secondary N) is 3. The van der Waals surface area contributed by atoms with Crippen LogP contribution in [0.4, 0.5) is 0 Å². The second-order valence-corrected chi connectivity index (χ2v) is 5.91. The smallest absolute Gasteiger partial charge is 0.243 e. The van der Waals surface area contributed by atoms with Crippen LogP contribution in [0.3, 0.4) is 0 Å². The number of carbonyl (C=O) groups excluding carboxylic acids is 3. The number of rotatable bonds is 4. The van der Waals surface area contributed by atoms with Gasteiger partial charge in [0.15, 0.2) is 5.11 Å². The lowest BCUT2D eigenvalue weighted by atomic mass is 10.1. The van der Waals surface area contributed by atoms with E-state index >= 15 is 0 Å². The summed E-state index contributed by atoms with van der Waals surface area (Å²) in [6.07, 6.45) is 0.454. The van der Waals surface area contributed by atoms with Crippen LogP contribution in [-0.4, -0.2) is 34.3 Å². The first-order chi connectivity index (χ1) is 11.5. The Morgan fingerprint density at radius 2 is 1.96 bits per heavy atom. The van der Waals surface area contributed by atoms with E-state index in [-0.39, 0.29) is 29.3 Å². The van der Waals surface area contributed by atoms with Crippen LogP contribution in [0.15, 0.2) is 30.3 Å². The first-order valence-corrected chi connectivity index (χ1v) is 8.11. The Labute approximate surface area is 145 Å². The Bertz CT molecular complexity index is 635. The number of hydrogen-bond acceptors (Lipinski definition) is 4. The molecule has 0 aliphatic carbocycles. The average Bonchev–Trinajstić information content (AvgIpc) is 2.94. The summed E-state index contributed by atoms with van der Waals surface area (Å²) in [5.41, 5.74) is 5.93. The van der Waals surface area contributed by atoms with Gasteiger partial charge in [0, 0.05) is 25.9 Å². The molecule has 1 unspecified atom stereocenters. The van der Waals surface area contributed by atoms with Crippen LogP contribution in [-0.2, 0) is 20.9 Å². The molecule has 1 heterocycles.